The lowest BCUT2D eigenvalue weighted by Gasteiger charge is -2.48. The number of nitrogens with two attached hydrogens (primary N) is 1. The average Bonchev–Trinajstić information content (AvgIpc) is 3.28. The van der Waals surface area contributed by atoms with Gasteiger partial charge in [-0.25, -0.2) is 0 Å². The molecule has 3 aliphatic heterocycles. The van der Waals surface area contributed by atoms with Crippen molar-refractivity contribution in [3.63, 3.8) is 0 Å². The van der Waals surface area contributed by atoms with Gasteiger partial charge in [0, 0.05) is 32.1 Å². The Labute approximate surface area is 361 Å². The van der Waals surface area contributed by atoms with E-state index in [-0.39, 0.29) is 32.1 Å². The maximum atomic E-state index is 12.5. The van der Waals surface area contributed by atoms with E-state index in [0.717, 1.165) is 18.1 Å². The van der Waals surface area contributed by atoms with Gasteiger partial charge in [-0.05, 0) is 41.8 Å². The summed E-state index contributed by atoms with van der Waals surface area (Å²) in [4.78, 5) is 37.1. The molecule has 23 nitrogen and oxygen atoms in total. The summed E-state index contributed by atoms with van der Waals surface area (Å²) in [6, 6.07) is 12.7. The summed E-state index contributed by atoms with van der Waals surface area (Å²) in [5.74, 6) is -0.838. The molecule has 3 fully saturated rings. The highest BCUT2D eigenvalue weighted by Crippen LogP contribution is 2.33. The normalized spacial score (nSPS) is 33.3. The van der Waals surface area contributed by atoms with E-state index < -0.39 is 124 Å². The highest BCUT2D eigenvalue weighted by molar-refractivity contribution is 5.95. The largest absolute Gasteiger partial charge is 0.484 e. The van der Waals surface area contributed by atoms with E-state index in [4.69, 9.17) is 38.9 Å². The van der Waals surface area contributed by atoms with Crippen molar-refractivity contribution >= 4 is 17.7 Å². The van der Waals surface area contributed by atoms with Crippen molar-refractivity contribution in [1.29, 1.82) is 0 Å². The fourth-order valence-electron chi connectivity index (χ4n) is 7.15. The molecular weight excluding hydrogens is 840 g/mol. The van der Waals surface area contributed by atoms with Crippen LogP contribution in [0.15, 0.2) is 48.5 Å². The molecule has 0 spiro atoms. The van der Waals surface area contributed by atoms with Gasteiger partial charge < -0.3 is 101 Å². The predicted molar refractivity (Wildman–Crippen MR) is 213 cm³/mol. The van der Waals surface area contributed by atoms with Crippen LogP contribution in [0.5, 0.6) is 5.75 Å². The van der Waals surface area contributed by atoms with Crippen molar-refractivity contribution in [2.75, 3.05) is 52.7 Å². The van der Waals surface area contributed by atoms with E-state index in [1.54, 1.807) is 42.5 Å². The number of ether oxygens (including phenoxy) is 7. The zero-order valence-corrected chi connectivity index (χ0v) is 34.3. The molecule has 5 rings (SSSR count). The van der Waals surface area contributed by atoms with Crippen LogP contribution in [0.3, 0.4) is 0 Å². The van der Waals surface area contributed by atoms with Gasteiger partial charge in [0.25, 0.3) is 11.8 Å². The number of hydrogen-bond acceptors (Lipinski definition) is 20. The summed E-state index contributed by atoms with van der Waals surface area (Å²) in [6.45, 7) is -0.798. The van der Waals surface area contributed by atoms with Crippen molar-refractivity contribution < 1.29 is 93.5 Å². The van der Waals surface area contributed by atoms with E-state index in [1.807, 2.05) is 6.07 Å². The van der Waals surface area contributed by atoms with Gasteiger partial charge in [0.05, 0.1) is 26.4 Å². The number of amides is 3. The minimum Gasteiger partial charge on any atom is -0.484 e. The van der Waals surface area contributed by atoms with Crippen LogP contribution in [0.4, 0.5) is 0 Å². The molecule has 0 saturated carbocycles. The van der Waals surface area contributed by atoms with Crippen LogP contribution in [-0.4, -0.2) is 208 Å². The van der Waals surface area contributed by atoms with Gasteiger partial charge in [0.15, 0.2) is 25.5 Å². The second-order valence-electron chi connectivity index (χ2n) is 15.1. The van der Waals surface area contributed by atoms with Gasteiger partial charge in [0.1, 0.15) is 78.9 Å². The van der Waals surface area contributed by atoms with Gasteiger partial charge in [-0.2, -0.15) is 0 Å². The predicted octanol–water partition coefficient (Wildman–Crippen LogP) is -5.46. The van der Waals surface area contributed by atoms with E-state index in [2.05, 4.69) is 16.0 Å². The Hall–Kier alpha value is -3.99. The lowest BCUT2D eigenvalue weighted by Crippen LogP contribution is -2.68. The molecule has 0 aromatic heterocycles. The second kappa shape index (κ2) is 23.8. The van der Waals surface area contributed by atoms with Gasteiger partial charge >= 0.3 is 0 Å². The Morgan fingerprint density at radius 3 is 1.97 bits per heavy atom. The van der Waals surface area contributed by atoms with E-state index in [1.165, 1.54) is 0 Å². The molecule has 352 valence electrons. The number of carbonyl (C=O) groups is 3. The molecule has 3 aliphatic rings. The zero-order chi connectivity index (χ0) is 45.8. The molecule has 3 heterocycles. The number of carbonyl (C=O) groups excluding carboxylic acids is 3. The van der Waals surface area contributed by atoms with Crippen LogP contribution in [0.1, 0.15) is 23.7 Å². The Morgan fingerprint density at radius 2 is 1.32 bits per heavy atom. The SMILES string of the molecule is CC(=O)N[C@H]1[C@H](OCCCNC(=O)COc2ccc(-c3cccc(C(=O)NCCN)c3)cc2)O[C@H](CO)[C@@H](O[C@@H]2O[C@H](CO)[C@H](O)[C@H](O[C@H]3O[C@H](CO)[C@H](O)[C@H](O)[C@H]3O)[C@H]2O)[C@@H]1O. The molecule has 15 atom stereocenters. The first kappa shape index (κ1) is 50.0. The zero-order valence-electron chi connectivity index (χ0n) is 34.3. The molecule has 3 amide bonds. The third-order valence-corrected chi connectivity index (χ3v) is 10.5. The van der Waals surface area contributed by atoms with Crippen molar-refractivity contribution in [3.8, 4) is 16.9 Å². The number of aliphatic hydroxyl groups is 9. The van der Waals surface area contributed by atoms with Crippen molar-refractivity contribution in [2.24, 2.45) is 5.73 Å². The number of aliphatic hydroxyl groups excluding tert-OH is 9. The molecular formula is C40H58N4O19. The Morgan fingerprint density at radius 1 is 0.683 bits per heavy atom. The van der Waals surface area contributed by atoms with Crippen molar-refractivity contribution in [1.82, 2.24) is 16.0 Å². The lowest BCUT2D eigenvalue weighted by atomic mass is 9.95. The molecule has 2 aromatic carbocycles. The summed E-state index contributed by atoms with van der Waals surface area (Å²) in [6.07, 6.45) is -23.3. The summed E-state index contributed by atoms with van der Waals surface area (Å²) in [7, 11) is 0. The van der Waals surface area contributed by atoms with E-state index in [9.17, 15) is 60.3 Å². The lowest BCUT2D eigenvalue weighted by molar-refractivity contribution is -0.376. The number of rotatable bonds is 20. The highest BCUT2D eigenvalue weighted by atomic mass is 16.8. The molecule has 23 heteroatoms. The standard InChI is InChI=1S/C40H58N4O19/c1-19(48)44-28-31(52)35(62-40-34(55)36(30(51)25(16-46)60-40)63-39-33(54)32(53)29(50)24(15-45)59-39)26(17-47)61-38(28)57-13-3-11-42-27(49)18-58-23-8-6-20(7-9-23)21-4-2-5-22(14-21)37(56)43-12-10-41/h2,4-9,14,24-26,28-36,38-40,45-47,50-55H,3,10-13,15-18,41H2,1H3,(H,42,49)(H,43,56)(H,44,48)/t24-,25-,26-,28-,29+,30+,31-,32+,33-,34-,35-,36+,38-,39-,40+/m1/s1. The molecule has 2 aromatic rings. The second-order valence-corrected chi connectivity index (χ2v) is 15.1. The van der Waals surface area contributed by atoms with Gasteiger partial charge in [0.2, 0.25) is 5.91 Å². The monoisotopic (exact) mass is 898 g/mol. The van der Waals surface area contributed by atoms with Crippen molar-refractivity contribution in [2.45, 2.75) is 105 Å². The maximum Gasteiger partial charge on any atom is 0.257 e. The van der Waals surface area contributed by atoms with Gasteiger partial charge in [-0.1, -0.05) is 24.3 Å². The third kappa shape index (κ3) is 12.8. The average molecular weight is 899 g/mol. The summed E-state index contributed by atoms with van der Waals surface area (Å²) < 4.78 is 39.7. The fourth-order valence-corrected chi connectivity index (χ4v) is 7.15. The Kier molecular flexibility index (Phi) is 18.9. The smallest absolute Gasteiger partial charge is 0.257 e. The topological polar surface area (TPSA) is 360 Å². The fraction of sp³-hybridized carbons (Fsp3) is 0.625. The van der Waals surface area contributed by atoms with Crippen LogP contribution in [-0.2, 0) is 38.0 Å². The third-order valence-electron chi connectivity index (χ3n) is 10.5. The summed E-state index contributed by atoms with van der Waals surface area (Å²) in [5.41, 5.74) is 7.59. The quantitative estimate of drug-likeness (QED) is 0.0552. The van der Waals surface area contributed by atoms with E-state index in [0.29, 0.717) is 24.4 Å². The van der Waals surface area contributed by atoms with Crippen LogP contribution in [0, 0.1) is 0 Å². The van der Waals surface area contributed by atoms with Gasteiger partial charge in [-0.3, -0.25) is 14.4 Å². The van der Waals surface area contributed by atoms with Gasteiger partial charge in [-0.15, -0.1) is 0 Å². The minimum absolute atomic E-state index is 0.0624. The summed E-state index contributed by atoms with van der Waals surface area (Å²) in [5, 5.41) is 102. The Bertz CT molecular complexity index is 1760. The summed E-state index contributed by atoms with van der Waals surface area (Å²) >= 11 is 0. The molecule has 0 radical (unpaired) electrons. The first-order chi connectivity index (χ1) is 30.2. The molecule has 0 unspecified atom stereocenters. The van der Waals surface area contributed by atoms with Crippen LogP contribution >= 0.6 is 0 Å². The molecule has 0 aliphatic carbocycles. The molecule has 0 bridgehead atoms. The number of nitrogens with one attached hydrogen (secondary N) is 3. The first-order valence-electron chi connectivity index (χ1n) is 20.4. The van der Waals surface area contributed by atoms with Crippen molar-refractivity contribution in [3.05, 3.63) is 54.1 Å². The first-order valence-corrected chi connectivity index (χ1v) is 20.4. The molecule has 3 saturated heterocycles. The highest BCUT2D eigenvalue weighted by Gasteiger charge is 2.54. The maximum absolute atomic E-state index is 12.5. The van der Waals surface area contributed by atoms with E-state index >= 15 is 0 Å². The molecule has 14 N–H and O–H groups in total. The number of hydrogen-bond donors (Lipinski definition) is 13. The molecule has 63 heavy (non-hydrogen) atoms. The minimum atomic E-state index is -1.96. The van der Waals surface area contributed by atoms with Crippen LogP contribution in [0.25, 0.3) is 11.1 Å². The van der Waals surface area contributed by atoms with Crippen LogP contribution in [0.2, 0.25) is 0 Å². The Balaban J connectivity index is 1.11. The number of benzene rings is 2. The van der Waals surface area contributed by atoms with Crippen LogP contribution < -0.4 is 26.4 Å².